The summed E-state index contributed by atoms with van der Waals surface area (Å²) in [6, 6.07) is 81.3. The van der Waals surface area contributed by atoms with E-state index in [2.05, 4.69) is 252 Å². The van der Waals surface area contributed by atoms with Crippen molar-refractivity contribution < 1.29 is 0 Å². The smallest absolute Gasteiger partial charge is 0.0462 e. The minimum absolute atomic E-state index is 1.09. The largest absolute Gasteiger partial charge is 0.311 e. The first-order chi connectivity index (χ1) is 26.8. The van der Waals surface area contributed by atoms with E-state index in [1.54, 1.807) is 0 Å². The predicted molar refractivity (Wildman–Crippen MR) is 229 cm³/mol. The molecule has 0 amide bonds. The fraction of sp³-hybridized carbons (Fsp3) is 0. The van der Waals surface area contributed by atoms with Gasteiger partial charge < -0.3 is 9.80 Å². The lowest BCUT2D eigenvalue weighted by Gasteiger charge is -2.26. The summed E-state index contributed by atoms with van der Waals surface area (Å²) < 4.78 is 0. The van der Waals surface area contributed by atoms with Gasteiger partial charge in [-0.25, -0.2) is 0 Å². The molecule has 0 aliphatic carbocycles. The number of hydrogen-bond donors (Lipinski definition) is 0. The summed E-state index contributed by atoms with van der Waals surface area (Å²) in [4.78, 5) is 4.60. The number of nitrogens with zero attached hydrogens (tertiary/aromatic N) is 2. The predicted octanol–water partition coefficient (Wildman–Crippen LogP) is 14.2. The van der Waals surface area contributed by atoms with Crippen molar-refractivity contribution in [1.82, 2.24) is 0 Å². The number of allylic oxidation sites excluding steroid dienone is 2. The molecule has 0 fully saturated rings. The van der Waals surface area contributed by atoms with Gasteiger partial charge >= 0.3 is 0 Å². The van der Waals surface area contributed by atoms with Crippen LogP contribution < -0.4 is 9.80 Å². The van der Waals surface area contributed by atoms with Crippen LogP contribution in [0.4, 0.5) is 34.1 Å². The van der Waals surface area contributed by atoms with Crippen LogP contribution in [0.3, 0.4) is 0 Å². The fourth-order valence-electron chi connectivity index (χ4n) is 6.90. The number of benzene rings is 8. The van der Waals surface area contributed by atoms with Crippen molar-refractivity contribution in [3.63, 3.8) is 0 Å². The molecule has 8 aromatic carbocycles. The van der Waals surface area contributed by atoms with Crippen molar-refractivity contribution in [3.05, 3.63) is 265 Å². The molecule has 0 heterocycles. The minimum atomic E-state index is 1.09. The molecule has 0 aromatic heterocycles. The second-order valence-corrected chi connectivity index (χ2v) is 13.0. The summed E-state index contributed by atoms with van der Waals surface area (Å²) in [6.45, 7) is 0. The summed E-state index contributed by atoms with van der Waals surface area (Å²) in [6.07, 6.45) is 4.54. The molecule has 8 rings (SSSR count). The zero-order valence-electron chi connectivity index (χ0n) is 30.0. The molecule has 2 heteroatoms. The first kappa shape index (κ1) is 34.0. The quantitative estimate of drug-likeness (QED) is 0.125. The van der Waals surface area contributed by atoms with Gasteiger partial charge in [-0.3, -0.25) is 0 Å². The standard InChI is InChI=1S/C52H40N2/c1-7-19-41(20-8-1)51(42-21-9-2-10-22-42)39-40-52(43-31-35-49(36-32-43)53(45-23-11-3-12-24-45)46-25-13-4-14-26-46)44-33-37-50(38-34-44)54(47-27-15-5-16-28-47)48-29-17-6-18-30-48/h1-40H. The summed E-state index contributed by atoms with van der Waals surface area (Å²) in [5, 5.41) is 0. The van der Waals surface area contributed by atoms with Gasteiger partial charge in [0.25, 0.3) is 0 Å². The maximum Gasteiger partial charge on any atom is 0.0462 e. The third-order valence-corrected chi connectivity index (χ3v) is 9.52. The van der Waals surface area contributed by atoms with Crippen LogP contribution in [0.1, 0.15) is 22.3 Å². The molecule has 2 nitrogen and oxygen atoms in total. The van der Waals surface area contributed by atoms with Gasteiger partial charge in [-0.15, -0.1) is 0 Å². The molecule has 0 saturated carbocycles. The second kappa shape index (κ2) is 16.5. The van der Waals surface area contributed by atoms with Gasteiger partial charge in [-0.05, 0) is 106 Å². The molecule has 0 spiro atoms. The Kier molecular flexibility index (Phi) is 10.3. The van der Waals surface area contributed by atoms with E-state index in [0.29, 0.717) is 0 Å². The Morgan fingerprint density at radius 3 is 0.685 bits per heavy atom. The number of anilines is 6. The van der Waals surface area contributed by atoms with Crippen LogP contribution in [0.5, 0.6) is 0 Å². The molecule has 8 aromatic rings. The summed E-state index contributed by atoms with van der Waals surface area (Å²) in [7, 11) is 0. The zero-order valence-corrected chi connectivity index (χ0v) is 30.0. The second-order valence-electron chi connectivity index (χ2n) is 13.0. The number of para-hydroxylation sites is 4. The molecule has 0 radical (unpaired) electrons. The van der Waals surface area contributed by atoms with Crippen molar-refractivity contribution in [2.45, 2.75) is 0 Å². The van der Waals surface area contributed by atoms with Gasteiger partial charge in [0.2, 0.25) is 0 Å². The van der Waals surface area contributed by atoms with Gasteiger partial charge in [0.1, 0.15) is 0 Å². The molecule has 0 bridgehead atoms. The van der Waals surface area contributed by atoms with Gasteiger partial charge in [0, 0.05) is 34.1 Å². The average Bonchev–Trinajstić information content (AvgIpc) is 3.26. The van der Waals surface area contributed by atoms with E-state index in [0.717, 1.165) is 50.8 Å². The van der Waals surface area contributed by atoms with Crippen molar-refractivity contribution >= 4 is 45.3 Å². The van der Waals surface area contributed by atoms with E-state index in [1.165, 1.54) is 16.7 Å². The highest BCUT2D eigenvalue weighted by Gasteiger charge is 2.15. The molecule has 0 saturated heterocycles. The van der Waals surface area contributed by atoms with Crippen LogP contribution in [0, 0.1) is 0 Å². The zero-order chi connectivity index (χ0) is 36.4. The average molecular weight is 693 g/mol. The first-order valence-corrected chi connectivity index (χ1v) is 18.4. The van der Waals surface area contributed by atoms with Gasteiger partial charge in [0.05, 0.1) is 0 Å². The van der Waals surface area contributed by atoms with Crippen molar-refractivity contribution in [1.29, 1.82) is 0 Å². The van der Waals surface area contributed by atoms with E-state index in [-0.39, 0.29) is 0 Å². The lowest BCUT2D eigenvalue weighted by Crippen LogP contribution is -2.10. The number of rotatable bonds is 11. The van der Waals surface area contributed by atoms with Gasteiger partial charge in [0.15, 0.2) is 0 Å². The molecular weight excluding hydrogens is 653 g/mol. The summed E-state index contributed by atoms with van der Waals surface area (Å²) in [5.41, 5.74) is 13.6. The van der Waals surface area contributed by atoms with Crippen LogP contribution in [0.25, 0.3) is 11.1 Å². The fourth-order valence-corrected chi connectivity index (χ4v) is 6.90. The van der Waals surface area contributed by atoms with Crippen LogP contribution in [0.2, 0.25) is 0 Å². The highest BCUT2D eigenvalue weighted by Crippen LogP contribution is 2.38. The van der Waals surface area contributed by atoms with E-state index < -0.39 is 0 Å². The monoisotopic (exact) mass is 692 g/mol. The molecule has 0 unspecified atom stereocenters. The molecule has 0 atom stereocenters. The van der Waals surface area contributed by atoms with E-state index in [4.69, 9.17) is 0 Å². The van der Waals surface area contributed by atoms with E-state index in [1.807, 2.05) is 0 Å². The maximum atomic E-state index is 2.30. The Morgan fingerprint density at radius 1 is 0.222 bits per heavy atom. The third kappa shape index (κ3) is 7.69. The van der Waals surface area contributed by atoms with Gasteiger partial charge in [-0.2, -0.15) is 0 Å². The molecule has 258 valence electrons. The van der Waals surface area contributed by atoms with Crippen LogP contribution >= 0.6 is 0 Å². The molecular formula is C52H40N2. The van der Waals surface area contributed by atoms with E-state index >= 15 is 0 Å². The molecule has 0 aliphatic heterocycles. The Hall–Kier alpha value is -7.16. The maximum absolute atomic E-state index is 2.30. The van der Waals surface area contributed by atoms with Crippen LogP contribution in [-0.4, -0.2) is 0 Å². The molecule has 0 N–H and O–H groups in total. The Bertz CT molecular complexity index is 2170. The Labute approximate surface area is 318 Å². The summed E-state index contributed by atoms with van der Waals surface area (Å²) in [5.74, 6) is 0. The van der Waals surface area contributed by atoms with Crippen molar-refractivity contribution in [3.8, 4) is 0 Å². The molecule has 54 heavy (non-hydrogen) atoms. The lowest BCUT2D eigenvalue weighted by molar-refractivity contribution is 1.28. The number of hydrogen-bond acceptors (Lipinski definition) is 2. The molecule has 0 aliphatic rings. The van der Waals surface area contributed by atoms with E-state index in [9.17, 15) is 0 Å². The summed E-state index contributed by atoms with van der Waals surface area (Å²) >= 11 is 0. The topological polar surface area (TPSA) is 6.48 Å². The Balaban J connectivity index is 1.24. The first-order valence-electron chi connectivity index (χ1n) is 18.4. The normalized spacial score (nSPS) is 10.6. The highest BCUT2D eigenvalue weighted by molar-refractivity contribution is 5.88. The van der Waals surface area contributed by atoms with Crippen LogP contribution in [0.15, 0.2) is 243 Å². The van der Waals surface area contributed by atoms with Crippen molar-refractivity contribution in [2.24, 2.45) is 0 Å². The highest BCUT2D eigenvalue weighted by atomic mass is 15.1. The van der Waals surface area contributed by atoms with Crippen LogP contribution in [-0.2, 0) is 0 Å². The van der Waals surface area contributed by atoms with Gasteiger partial charge in [-0.1, -0.05) is 170 Å². The Morgan fingerprint density at radius 2 is 0.426 bits per heavy atom. The SMILES string of the molecule is C(C=C(c1ccc(N(c2ccccc2)c2ccccc2)cc1)c1ccc(N(c2ccccc2)c2ccccc2)cc1)=C(c1ccccc1)c1ccccc1. The minimum Gasteiger partial charge on any atom is -0.311 e. The third-order valence-electron chi connectivity index (χ3n) is 9.52. The lowest BCUT2D eigenvalue weighted by atomic mass is 9.93. The van der Waals surface area contributed by atoms with Crippen molar-refractivity contribution in [2.75, 3.05) is 9.80 Å².